The normalized spacial score (nSPS) is 20.3. The van der Waals surface area contributed by atoms with Gasteiger partial charge in [-0.1, -0.05) is 17.8 Å². The fourth-order valence-electron chi connectivity index (χ4n) is 1.53. The molecule has 0 bridgehead atoms. The summed E-state index contributed by atoms with van der Waals surface area (Å²) in [7, 11) is 0. The first-order valence-corrected chi connectivity index (χ1v) is 6.24. The highest BCUT2D eigenvalue weighted by atomic mass is 32.2. The number of rotatable bonds is 1. The monoisotopic (exact) mass is 237 g/mol. The van der Waals surface area contributed by atoms with E-state index in [1.165, 1.54) is 15.8 Å². The number of thioether (sulfide) groups is 1. The number of fused-ring (bicyclic) bond motifs is 1. The molecule has 1 atom stereocenters. The molecule has 3 rings (SSSR count). The molecule has 1 aliphatic rings. The van der Waals surface area contributed by atoms with E-state index in [4.69, 9.17) is 0 Å². The summed E-state index contributed by atoms with van der Waals surface area (Å²) in [5.41, 5.74) is 0. The van der Waals surface area contributed by atoms with E-state index in [-0.39, 0.29) is 11.2 Å². The fraction of sp³-hybridized carbons (Fsp3) is 0.222. The molecule has 2 aromatic heterocycles. The van der Waals surface area contributed by atoms with Crippen molar-refractivity contribution in [2.75, 3.05) is 0 Å². The predicted octanol–water partition coefficient (Wildman–Crippen LogP) is 2.22. The van der Waals surface area contributed by atoms with E-state index < -0.39 is 0 Å². The number of carbonyl (C=O) groups is 1. The number of thiophene rings is 1. The van der Waals surface area contributed by atoms with Crippen LogP contribution in [0.25, 0.3) is 0 Å². The quantitative estimate of drug-likeness (QED) is 0.763. The zero-order chi connectivity index (χ0) is 10.3. The van der Waals surface area contributed by atoms with Gasteiger partial charge < -0.3 is 0 Å². The summed E-state index contributed by atoms with van der Waals surface area (Å²) in [4.78, 5) is 13.0. The molecule has 1 aliphatic heterocycles. The van der Waals surface area contributed by atoms with Crippen molar-refractivity contribution in [2.24, 2.45) is 0 Å². The lowest BCUT2D eigenvalue weighted by Crippen LogP contribution is -2.18. The van der Waals surface area contributed by atoms with Gasteiger partial charge in [0.1, 0.15) is 6.33 Å². The Kier molecular flexibility index (Phi) is 2.10. The summed E-state index contributed by atoms with van der Waals surface area (Å²) >= 11 is 3.28. The summed E-state index contributed by atoms with van der Waals surface area (Å²) in [6, 6.07) is 4.06. The van der Waals surface area contributed by atoms with Crippen molar-refractivity contribution >= 4 is 29.0 Å². The maximum atomic E-state index is 11.7. The first-order chi connectivity index (χ1) is 7.34. The molecular formula is C9H7N3OS2. The van der Waals surface area contributed by atoms with Gasteiger partial charge in [-0.25, -0.2) is 4.57 Å². The van der Waals surface area contributed by atoms with E-state index in [9.17, 15) is 4.79 Å². The first-order valence-electron chi connectivity index (χ1n) is 4.48. The Morgan fingerprint density at radius 2 is 2.47 bits per heavy atom. The average molecular weight is 237 g/mol. The number of aromatic nitrogens is 3. The van der Waals surface area contributed by atoms with Crippen LogP contribution in [0.5, 0.6) is 0 Å². The molecular weight excluding hydrogens is 230 g/mol. The first kappa shape index (κ1) is 9.11. The molecule has 4 nitrogen and oxygen atoms in total. The van der Waals surface area contributed by atoms with Crippen LogP contribution >= 0.6 is 23.1 Å². The topological polar surface area (TPSA) is 47.8 Å². The third kappa shape index (κ3) is 1.49. The molecule has 2 aromatic rings. The van der Waals surface area contributed by atoms with Crippen molar-refractivity contribution in [1.29, 1.82) is 0 Å². The number of hydrogen-bond acceptors (Lipinski definition) is 5. The summed E-state index contributed by atoms with van der Waals surface area (Å²) in [6.45, 7) is 0. The molecule has 0 spiro atoms. The van der Waals surface area contributed by atoms with Crippen molar-refractivity contribution in [3.63, 3.8) is 0 Å². The van der Waals surface area contributed by atoms with Crippen LogP contribution in [0.4, 0.5) is 0 Å². The van der Waals surface area contributed by atoms with E-state index in [0.717, 1.165) is 0 Å². The Morgan fingerprint density at radius 1 is 1.53 bits per heavy atom. The van der Waals surface area contributed by atoms with E-state index in [1.807, 2.05) is 11.4 Å². The van der Waals surface area contributed by atoms with Gasteiger partial charge in [-0.05, 0) is 11.4 Å². The standard InChI is InChI=1S/C9H7N3OS2/c13-8-4-7(6-2-1-3-14-6)15-9-11-10-5-12(8)9/h1-3,5,7H,4H2/t7-/m1/s1. The molecule has 6 heteroatoms. The van der Waals surface area contributed by atoms with Crippen LogP contribution in [0.3, 0.4) is 0 Å². The van der Waals surface area contributed by atoms with E-state index in [1.54, 1.807) is 23.1 Å². The SMILES string of the molecule is O=C1C[C@H](c2cccs2)Sc2nncn21. The molecule has 0 unspecified atom stereocenters. The van der Waals surface area contributed by atoms with Crippen molar-refractivity contribution < 1.29 is 4.79 Å². The minimum Gasteiger partial charge on any atom is -0.274 e. The molecule has 76 valence electrons. The Bertz CT molecular complexity index is 491. The minimum absolute atomic E-state index is 0.0761. The third-order valence-corrected chi connectivity index (χ3v) is 4.58. The molecule has 0 saturated carbocycles. The van der Waals surface area contributed by atoms with Crippen LogP contribution in [-0.4, -0.2) is 20.7 Å². The average Bonchev–Trinajstić information content (AvgIpc) is 2.88. The van der Waals surface area contributed by atoms with Crippen molar-refractivity contribution in [3.05, 3.63) is 28.7 Å². The summed E-state index contributed by atoms with van der Waals surface area (Å²) < 4.78 is 1.52. The number of nitrogens with zero attached hydrogens (tertiary/aromatic N) is 3. The van der Waals surface area contributed by atoms with Gasteiger partial charge in [0, 0.05) is 11.3 Å². The van der Waals surface area contributed by atoms with E-state index in [2.05, 4.69) is 16.3 Å². The highest BCUT2D eigenvalue weighted by molar-refractivity contribution is 7.99. The van der Waals surface area contributed by atoms with Gasteiger partial charge in [-0.15, -0.1) is 21.5 Å². The zero-order valence-corrected chi connectivity index (χ0v) is 9.29. The van der Waals surface area contributed by atoms with Crippen molar-refractivity contribution in [1.82, 2.24) is 14.8 Å². The van der Waals surface area contributed by atoms with Crippen LogP contribution in [0.1, 0.15) is 21.3 Å². The Balaban J connectivity index is 1.96. The second-order valence-electron chi connectivity index (χ2n) is 3.20. The number of carbonyl (C=O) groups excluding carboxylic acids is 1. The van der Waals surface area contributed by atoms with Crippen LogP contribution in [0, 0.1) is 0 Å². The van der Waals surface area contributed by atoms with Crippen LogP contribution in [-0.2, 0) is 0 Å². The van der Waals surface area contributed by atoms with E-state index in [0.29, 0.717) is 11.6 Å². The lowest BCUT2D eigenvalue weighted by molar-refractivity contribution is 0.0886. The molecule has 0 saturated heterocycles. The van der Waals surface area contributed by atoms with Crippen molar-refractivity contribution in [2.45, 2.75) is 16.8 Å². The smallest absolute Gasteiger partial charge is 0.235 e. The molecule has 0 fully saturated rings. The van der Waals surface area contributed by atoms with Gasteiger partial charge in [0.15, 0.2) is 5.16 Å². The van der Waals surface area contributed by atoms with Gasteiger partial charge in [-0.3, -0.25) is 4.79 Å². The summed E-state index contributed by atoms with van der Waals surface area (Å²) in [6.07, 6.45) is 2.01. The maximum Gasteiger partial charge on any atom is 0.235 e. The second-order valence-corrected chi connectivity index (χ2v) is 5.35. The molecule has 0 aromatic carbocycles. The number of hydrogen-bond donors (Lipinski definition) is 0. The van der Waals surface area contributed by atoms with E-state index >= 15 is 0 Å². The van der Waals surface area contributed by atoms with Crippen LogP contribution in [0.2, 0.25) is 0 Å². The van der Waals surface area contributed by atoms with Gasteiger partial charge in [0.25, 0.3) is 0 Å². The highest BCUT2D eigenvalue weighted by Crippen LogP contribution is 2.42. The highest BCUT2D eigenvalue weighted by Gasteiger charge is 2.28. The van der Waals surface area contributed by atoms with Gasteiger partial charge >= 0.3 is 0 Å². The molecule has 0 N–H and O–H groups in total. The van der Waals surface area contributed by atoms with Gasteiger partial charge in [0.2, 0.25) is 5.91 Å². The van der Waals surface area contributed by atoms with Crippen LogP contribution in [0.15, 0.2) is 29.0 Å². The third-order valence-electron chi connectivity index (χ3n) is 2.25. The molecule has 3 heterocycles. The fourth-order valence-corrected chi connectivity index (χ4v) is 3.58. The van der Waals surface area contributed by atoms with Crippen LogP contribution < -0.4 is 0 Å². The predicted molar refractivity (Wildman–Crippen MR) is 58.2 cm³/mol. The van der Waals surface area contributed by atoms with Gasteiger partial charge in [0.05, 0.1) is 5.25 Å². The van der Waals surface area contributed by atoms with Crippen molar-refractivity contribution in [3.8, 4) is 0 Å². The lowest BCUT2D eigenvalue weighted by atomic mass is 10.2. The second kappa shape index (κ2) is 3.46. The Labute approximate surface area is 94.3 Å². The largest absolute Gasteiger partial charge is 0.274 e. The van der Waals surface area contributed by atoms with Gasteiger partial charge in [-0.2, -0.15) is 0 Å². The lowest BCUT2D eigenvalue weighted by Gasteiger charge is -2.19. The Morgan fingerprint density at radius 3 is 3.27 bits per heavy atom. The summed E-state index contributed by atoms with van der Waals surface area (Å²) in [5, 5.41) is 10.6. The minimum atomic E-state index is 0.0761. The molecule has 0 aliphatic carbocycles. The molecule has 0 amide bonds. The molecule has 0 radical (unpaired) electrons. The maximum absolute atomic E-state index is 11.7. The molecule has 15 heavy (non-hydrogen) atoms. The summed E-state index contributed by atoms with van der Waals surface area (Å²) in [5.74, 6) is 0.0761. The Hall–Kier alpha value is -1.14. The zero-order valence-electron chi connectivity index (χ0n) is 7.66.